The topological polar surface area (TPSA) is 89.3 Å². The molecule has 0 aliphatic heterocycles. The molecule has 0 unspecified atom stereocenters. The number of hydrogen-bond acceptors (Lipinski definition) is 3. The molecule has 0 spiro atoms. The predicted molar refractivity (Wildman–Crippen MR) is 84.3 cm³/mol. The van der Waals surface area contributed by atoms with Gasteiger partial charge < -0.3 is 5.32 Å². The fourth-order valence-electron chi connectivity index (χ4n) is 1.79. The van der Waals surface area contributed by atoms with E-state index in [0.29, 0.717) is 6.54 Å². The third-order valence-corrected chi connectivity index (χ3v) is 4.54. The second kappa shape index (κ2) is 7.98. The molecule has 8 heteroatoms. The molecule has 1 aromatic carbocycles. The van der Waals surface area contributed by atoms with Crippen LogP contribution in [0.4, 0.5) is 0 Å². The van der Waals surface area contributed by atoms with Crippen LogP contribution in [0.15, 0.2) is 17.0 Å². The molecule has 1 amide bonds. The van der Waals surface area contributed by atoms with Crippen molar-refractivity contribution in [3.8, 4) is 0 Å². The lowest BCUT2D eigenvalue weighted by Crippen LogP contribution is -2.25. The number of hydrogen-bond donors (Lipinski definition) is 2. The molecular formula is C13H18Cl2N2O3S. The molecule has 0 aliphatic carbocycles. The van der Waals surface area contributed by atoms with Crippen molar-refractivity contribution in [3.63, 3.8) is 0 Å². The van der Waals surface area contributed by atoms with Gasteiger partial charge in [-0.05, 0) is 18.6 Å². The predicted octanol–water partition coefficient (Wildman–Crippen LogP) is 2.95. The number of nitrogens with one attached hydrogen (secondary N) is 1. The van der Waals surface area contributed by atoms with E-state index in [1.165, 1.54) is 6.07 Å². The van der Waals surface area contributed by atoms with E-state index in [1.54, 1.807) is 0 Å². The minimum absolute atomic E-state index is 0.00341. The Morgan fingerprint density at radius 2 is 1.90 bits per heavy atom. The van der Waals surface area contributed by atoms with Crippen LogP contribution in [0, 0.1) is 0 Å². The molecule has 0 bridgehead atoms. The van der Waals surface area contributed by atoms with Gasteiger partial charge in [0.2, 0.25) is 10.0 Å². The third kappa shape index (κ3) is 5.47. The zero-order valence-corrected chi connectivity index (χ0v) is 14.0. The largest absolute Gasteiger partial charge is 0.352 e. The van der Waals surface area contributed by atoms with Gasteiger partial charge in [-0.1, -0.05) is 49.4 Å². The Morgan fingerprint density at radius 1 is 1.24 bits per heavy atom. The number of sulfonamides is 1. The minimum atomic E-state index is -4.04. The first-order chi connectivity index (χ1) is 9.77. The molecule has 1 rings (SSSR count). The van der Waals surface area contributed by atoms with Crippen LogP contribution >= 0.6 is 23.2 Å². The highest BCUT2D eigenvalue weighted by Gasteiger charge is 2.21. The van der Waals surface area contributed by atoms with Crippen molar-refractivity contribution in [2.75, 3.05) is 6.54 Å². The fraction of sp³-hybridized carbons (Fsp3) is 0.462. The highest BCUT2D eigenvalue weighted by Crippen LogP contribution is 2.28. The number of rotatable bonds is 7. The van der Waals surface area contributed by atoms with Crippen LogP contribution in [0.25, 0.3) is 0 Å². The summed E-state index contributed by atoms with van der Waals surface area (Å²) in [6.45, 7) is 2.59. The lowest BCUT2D eigenvalue weighted by atomic mass is 10.2. The molecule has 1 aromatic rings. The van der Waals surface area contributed by atoms with Crippen LogP contribution < -0.4 is 10.5 Å². The van der Waals surface area contributed by atoms with Crippen LogP contribution in [0.2, 0.25) is 10.0 Å². The smallest absolute Gasteiger partial charge is 0.252 e. The summed E-state index contributed by atoms with van der Waals surface area (Å²) in [6.07, 6.45) is 4.07. The molecule has 21 heavy (non-hydrogen) atoms. The van der Waals surface area contributed by atoms with Crippen LogP contribution in [-0.2, 0) is 10.0 Å². The number of nitrogens with two attached hydrogens (primary N) is 1. The van der Waals surface area contributed by atoms with Crippen LogP contribution in [-0.4, -0.2) is 20.9 Å². The molecule has 3 N–H and O–H groups in total. The summed E-state index contributed by atoms with van der Waals surface area (Å²) >= 11 is 11.8. The Balaban J connectivity index is 2.88. The standard InChI is InChI=1S/C13H18Cl2N2O3S/c1-2-3-4-5-6-17-13(18)10-7-9(14)8-11(12(10)15)21(16,19)20/h7-8H,2-6H2,1H3,(H,17,18)(H2,16,19,20). The zero-order chi connectivity index (χ0) is 16.0. The lowest BCUT2D eigenvalue weighted by molar-refractivity contribution is 0.0953. The molecule has 0 atom stereocenters. The van der Waals surface area contributed by atoms with E-state index >= 15 is 0 Å². The van der Waals surface area contributed by atoms with Gasteiger partial charge in [-0.15, -0.1) is 0 Å². The molecule has 118 valence electrons. The normalized spacial score (nSPS) is 11.4. The minimum Gasteiger partial charge on any atom is -0.352 e. The summed E-state index contributed by atoms with van der Waals surface area (Å²) in [4.78, 5) is 11.7. The quantitative estimate of drug-likeness (QED) is 0.739. The Bertz CT molecular complexity index is 618. The summed E-state index contributed by atoms with van der Waals surface area (Å²) < 4.78 is 22.8. The number of unbranched alkanes of at least 4 members (excludes halogenated alkanes) is 3. The summed E-state index contributed by atoms with van der Waals surface area (Å²) in [7, 11) is -4.04. The first kappa shape index (κ1) is 18.2. The second-order valence-corrected chi connectivity index (χ2v) is 6.97. The average Bonchev–Trinajstić information content (AvgIpc) is 2.39. The maximum atomic E-state index is 12.0. The van der Waals surface area contributed by atoms with E-state index in [9.17, 15) is 13.2 Å². The molecule has 0 radical (unpaired) electrons. The van der Waals surface area contributed by atoms with Crippen LogP contribution in [0.1, 0.15) is 43.0 Å². The average molecular weight is 353 g/mol. The SMILES string of the molecule is CCCCCCNC(=O)c1cc(Cl)cc(S(N)(=O)=O)c1Cl. The second-order valence-electron chi connectivity index (χ2n) is 4.63. The van der Waals surface area contributed by atoms with Gasteiger partial charge in [-0.2, -0.15) is 0 Å². The highest BCUT2D eigenvalue weighted by atomic mass is 35.5. The van der Waals surface area contributed by atoms with Crippen molar-refractivity contribution in [2.24, 2.45) is 5.14 Å². The highest BCUT2D eigenvalue weighted by molar-refractivity contribution is 7.89. The van der Waals surface area contributed by atoms with Crippen molar-refractivity contribution < 1.29 is 13.2 Å². The Hall–Kier alpha value is -0.820. The van der Waals surface area contributed by atoms with E-state index in [4.69, 9.17) is 28.3 Å². The first-order valence-electron chi connectivity index (χ1n) is 6.57. The summed E-state index contributed by atoms with van der Waals surface area (Å²) in [5.74, 6) is -0.469. The van der Waals surface area contributed by atoms with Crippen LogP contribution in [0.3, 0.4) is 0 Å². The number of halogens is 2. The number of carbonyl (C=O) groups is 1. The van der Waals surface area contributed by atoms with Gasteiger partial charge >= 0.3 is 0 Å². The van der Waals surface area contributed by atoms with Gasteiger partial charge in [0, 0.05) is 11.6 Å². The van der Waals surface area contributed by atoms with E-state index in [-0.39, 0.29) is 20.5 Å². The fourth-order valence-corrected chi connectivity index (χ4v) is 3.24. The zero-order valence-electron chi connectivity index (χ0n) is 11.7. The van der Waals surface area contributed by atoms with E-state index in [2.05, 4.69) is 12.2 Å². The van der Waals surface area contributed by atoms with Gasteiger partial charge in [-0.3, -0.25) is 4.79 Å². The first-order valence-corrected chi connectivity index (χ1v) is 8.87. The third-order valence-electron chi connectivity index (χ3n) is 2.87. The number of benzene rings is 1. The van der Waals surface area contributed by atoms with E-state index in [1.807, 2.05) is 0 Å². The molecule has 0 saturated carbocycles. The Kier molecular flexibility index (Phi) is 6.93. The summed E-state index contributed by atoms with van der Waals surface area (Å²) in [5, 5.41) is 7.60. The van der Waals surface area contributed by atoms with Crippen molar-refractivity contribution >= 4 is 39.1 Å². The molecule has 0 saturated heterocycles. The molecule has 0 aromatic heterocycles. The maximum Gasteiger partial charge on any atom is 0.252 e. The number of carbonyl (C=O) groups excluding carboxylic acids is 1. The van der Waals surface area contributed by atoms with Crippen molar-refractivity contribution in [1.82, 2.24) is 5.32 Å². The monoisotopic (exact) mass is 352 g/mol. The maximum absolute atomic E-state index is 12.0. The summed E-state index contributed by atoms with van der Waals surface area (Å²) in [5.41, 5.74) is 0.00341. The Morgan fingerprint density at radius 3 is 2.48 bits per heavy atom. The van der Waals surface area contributed by atoms with Crippen LogP contribution in [0.5, 0.6) is 0 Å². The lowest BCUT2D eigenvalue weighted by Gasteiger charge is -2.10. The van der Waals surface area contributed by atoms with Gasteiger partial charge in [0.1, 0.15) is 4.90 Å². The number of amides is 1. The van der Waals surface area contributed by atoms with E-state index in [0.717, 1.165) is 31.7 Å². The molecule has 0 fully saturated rings. The van der Waals surface area contributed by atoms with Crippen molar-refractivity contribution in [1.29, 1.82) is 0 Å². The van der Waals surface area contributed by atoms with Gasteiger partial charge in [0.15, 0.2) is 0 Å². The Labute approximate surface area is 134 Å². The van der Waals surface area contributed by atoms with Gasteiger partial charge in [0.05, 0.1) is 10.6 Å². The number of primary sulfonamides is 1. The molecular weight excluding hydrogens is 335 g/mol. The molecule has 0 heterocycles. The van der Waals surface area contributed by atoms with Gasteiger partial charge in [0.25, 0.3) is 5.91 Å². The molecule has 0 aliphatic rings. The van der Waals surface area contributed by atoms with Crippen molar-refractivity contribution in [2.45, 2.75) is 37.5 Å². The summed E-state index contributed by atoms with van der Waals surface area (Å²) in [6, 6.07) is 2.44. The molecule has 5 nitrogen and oxygen atoms in total. The van der Waals surface area contributed by atoms with Gasteiger partial charge in [-0.25, -0.2) is 13.6 Å². The van der Waals surface area contributed by atoms with Crippen molar-refractivity contribution in [3.05, 3.63) is 27.7 Å². The van der Waals surface area contributed by atoms with E-state index < -0.39 is 15.9 Å².